The van der Waals surface area contributed by atoms with E-state index >= 15 is 0 Å². The van der Waals surface area contributed by atoms with Gasteiger partial charge in [-0.05, 0) is 18.2 Å². The van der Waals surface area contributed by atoms with Gasteiger partial charge in [0.15, 0.2) is 5.65 Å². The maximum Gasteiger partial charge on any atom is 0.280 e. The third kappa shape index (κ3) is 1.48. The van der Waals surface area contributed by atoms with Gasteiger partial charge in [-0.2, -0.15) is 0 Å². The molecule has 0 aliphatic rings. The molecule has 0 saturated heterocycles. The molecule has 17 heavy (non-hydrogen) atoms. The molecule has 2 heterocycles. The number of fused-ring (bicyclic) bond motifs is 1. The van der Waals surface area contributed by atoms with Gasteiger partial charge in [-0.15, -0.1) is 0 Å². The van der Waals surface area contributed by atoms with Crippen molar-refractivity contribution in [3.05, 3.63) is 52.9 Å². The summed E-state index contributed by atoms with van der Waals surface area (Å²) in [6.45, 7) is 0. The SMILES string of the molecule is Nc1cnc2[nH]n(-c3ccccc3)c(=O)c2c1. The van der Waals surface area contributed by atoms with E-state index < -0.39 is 0 Å². The number of nitrogens with zero attached hydrogens (tertiary/aromatic N) is 2. The van der Waals surface area contributed by atoms with Crippen molar-refractivity contribution < 1.29 is 0 Å². The Morgan fingerprint density at radius 1 is 1.24 bits per heavy atom. The Kier molecular flexibility index (Phi) is 1.98. The zero-order chi connectivity index (χ0) is 11.8. The second-order valence-electron chi connectivity index (χ2n) is 3.75. The van der Waals surface area contributed by atoms with Crippen molar-refractivity contribution in [3.8, 4) is 5.69 Å². The highest BCUT2D eigenvalue weighted by molar-refractivity contribution is 5.77. The summed E-state index contributed by atoms with van der Waals surface area (Å²) >= 11 is 0. The lowest BCUT2D eigenvalue weighted by molar-refractivity contribution is 0.858. The molecule has 2 aromatic heterocycles. The Bertz CT molecular complexity index is 727. The van der Waals surface area contributed by atoms with Gasteiger partial charge >= 0.3 is 0 Å². The molecule has 0 spiro atoms. The molecule has 5 nitrogen and oxygen atoms in total. The summed E-state index contributed by atoms with van der Waals surface area (Å²) in [5, 5.41) is 3.44. The summed E-state index contributed by atoms with van der Waals surface area (Å²) < 4.78 is 1.46. The predicted octanol–water partition coefficient (Wildman–Crippen LogP) is 1.30. The standard InChI is InChI=1S/C12H10N4O/c13-8-6-10-11(14-7-8)15-16(12(10)17)9-4-2-1-3-5-9/h1-7H,13H2,(H,14,15). The smallest absolute Gasteiger partial charge is 0.280 e. The molecule has 0 aliphatic heterocycles. The summed E-state index contributed by atoms with van der Waals surface area (Å²) in [5.41, 5.74) is 7.26. The number of H-pyrrole nitrogens is 1. The Hall–Kier alpha value is -2.56. The lowest BCUT2D eigenvalue weighted by Crippen LogP contribution is -2.13. The molecule has 0 atom stereocenters. The van der Waals surface area contributed by atoms with Gasteiger partial charge in [-0.25, -0.2) is 9.67 Å². The lowest BCUT2D eigenvalue weighted by atomic mass is 10.3. The maximum atomic E-state index is 12.1. The van der Waals surface area contributed by atoms with Gasteiger partial charge in [0.2, 0.25) is 0 Å². The van der Waals surface area contributed by atoms with Crippen LogP contribution >= 0.6 is 0 Å². The van der Waals surface area contributed by atoms with Gasteiger partial charge in [0.05, 0.1) is 23.0 Å². The Morgan fingerprint density at radius 2 is 2.00 bits per heavy atom. The Balaban J connectivity index is 2.33. The first-order valence-electron chi connectivity index (χ1n) is 5.17. The van der Waals surface area contributed by atoms with Crippen LogP contribution < -0.4 is 11.3 Å². The van der Waals surface area contributed by atoms with Gasteiger partial charge < -0.3 is 5.73 Å². The zero-order valence-electron chi connectivity index (χ0n) is 8.92. The van der Waals surface area contributed by atoms with Crippen LogP contribution in [0.5, 0.6) is 0 Å². The zero-order valence-corrected chi connectivity index (χ0v) is 8.92. The lowest BCUT2D eigenvalue weighted by Gasteiger charge is -1.98. The van der Waals surface area contributed by atoms with E-state index in [1.807, 2.05) is 30.3 Å². The number of pyridine rings is 1. The van der Waals surface area contributed by atoms with Crippen LogP contribution in [0.3, 0.4) is 0 Å². The number of rotatable bonds is 1. The molecule has 5 heteroatoms. The van der Waals surface area contributed by atoms with Crippen molar-refractivity contribution in [1.82, 2.24) is 14.8 Å². The number of nitrogen functional groups attached to an aromatic ring is 1. The second-order valence-corrected chi connectivity index (χ2v) is 3.75. The third-order valence-electron chi connectivity index (χ3n) is 2.57. The second kappa shape index (κ2) is 3.48. The fraction of sp³-hybridized carbons (Fsp3) is 0. The summed E-state index contributed by atoms with van der Waals surface area (Å²) in [4.78, 5) is 16.2. The topological polar surface area (TPSA) is 76.7 Å². The normalized spacial score (nSPS) is 10.8. The predicted molar refractivity (Wildman–Crippen MR) is 66.1 cm³/mol. The summed E-state index contributed by atoms with van der Waals surface area (Å²) in [5.74, 6) is 0. The van der Waals surface area contributed by atoms with Crippen LogP contribution in [0, 0.1) is 0 Å². The number of nitrogens with two attached hydrogens (primary N) is 1. The Labute approximate surface area is 96.5 Å². The van der Waals surface area contributed by atoms with E-state index in [0.29, 0.717) is 16.7 Å². The summed E-state index contributed by atoms with van der Waals surface area (Å²) in [6.07, 6.45) is 1.52. The fourth-order valence-electron chi connectivity index (χ4n) is 1.77. The van der Waals surface area contributed by atoms with Crippen LogP contribution in [-0.2, 0) is 0 Å². The minimum Gasteiger partial charge on any atom is -0.397 e. The molecular formula is C12H10N4O. The molecule has 0 saturated carbocycles. The van der Waals surface area contributed by atoms with Crippen molar-refractivity contribution >= 4 is 16.7 Å². The number of hydrogen-bond acceptors (Lipinski definition) is 3. The first kappa shape index (κ1) is 9.65. The number of anilines is 1. The van der Waals surface area contributed by atoms with Gasteiger partial charge in [-0.3, -0.25) is 9.89 Å². The fourth-order valence-corrected chi connectivity index (χ4v) is 1.77. The molecule has 84 valence electrons. The molecule has 3 aromatic rings. The van der Waals surface area contributed by atoms with Crippen LogP contribution in [-0.4, -0.2) is 14.8 Å². The van der Waals surface area contributed by atoms with Crippen molar-refractivity contribution in [2.24, 2.45) is 0 Å². The minimum absolute atomic E-state index is 0.147. The summed E-state index contributed by atoms with van der Waals surface area (Å²) in [7, 11) is 0. The van der Waals surface area contributed by atoms with Crippen LogP contribution in [0.15, 0.2) is 47.4 Å². The van der Waals surface area contributed by atoms with Crippen LogP contribution in [0.1, 0.15) is 0 Å². The van der Waals surface area contributed by atoms with Gasteiger partial charge in [0.1, 0.15) is 0 Å². The van der Waals surface area contributed by atoms with Crippen molar-refractivity contribution in [3.63, 3.8) is 0 Å². The average molecular weight is 226 g/mol. The Morgan fingerprint density at radius 3 is 2.76 bits per heavy atom. The molecular weight excluding hydrogens is 216 g/mol. The van der Waals surface area contributed by atoms with Crippen molar-refractivity contribution in [2.75, 3.05) is 5.73 Å². The first-order chi connectivity index (χ1) is 8.25. The van der Waals surface area contributed by atoms with Crippen molar-refractivity contribution in [1.29, 1.82) is 0 Å². The highest BCUT2D eigenvalue weighted by atomic mass is 16.1. The van der Waals surface area contributed by atoms with E-state index in [1.54, 1.807) is 6.07 Å². The molecule has 0 aliphatic carbocycles. The van der Waals surface area contributed by atoms with E-state index in [-0.39, 0.29) is 5.56 Å². The van der Waals surface area contributed by atoms with Gasteiger partial charge in [0, 0.05) is 0 Å². The monoisotopic (exact) mass is 226 g/mol. The highest BCUT2D eigenvalue weighted by Crippen LogP contribution is 2.11. The molecule has 3 N–H and O–H groups in total. The van der Waals surface area contributed by atoms with Crippen LogP contribution in [0.25, 0.3) is 16.7 Å². The van der Waals surface area contributed by atoms with E-state index in [2.05, 4.69) is 10.1 Å². The molecule has 0 bridgehead atoms. The average Bonchev–Trinajstić information content (AvgIpc) is 2.68. The summed E-state index contributed by atoms with van der Waals surface area (Å²) in [6, 6.07) is 11.0. The molecule has 0 radical (unpaired) electrons. The number of nitrogens with one attached hydrogen (secondary N) is 1. The van der Waals surface area contributed by atoms with E-state index in [1.165, 1.54) is 10.9 Å². The number of para-hydroxylation sites is 1. The molecule has 3 rings (SSSR count). The third-order valence-corrected chi connectivity index (χ3v) is 2.57. The molecule has 0 fully saturated rings. The van der Waals surface area contributed by atoms with E-state index in [0.717, 1.165) is 5.69 Å². The maximum absolute atomic E-state index is 12.1. The minimum atomic E-state index is -0.147. The van der Waals surface area contributed by atoms with E-state index in [9.17, 15) is 4.79 Å². The van der Waals surface area contributed by atoms with Crippen molar-refractivity contribution in [2.45, 2.75) is 0 Å². The first-order valence-corrected chi connectivity index (χ1v) is 5.17. The van der Waals surface area contributed by atoms with Crippen LogP contribution in [0.4, 0.5) is 5.69 Å². The molecule has 0 amide bonds. The number of benzene rings is 1. The highest BCUT2D eigenvalue weighted by Gasteiger charge is 2.08. The molecule has 0 unspecified atom stereocenters. The van der Waals surface area contributed by atoms with Gasteiger partial charge in [0.25, 0.3) is 5.56 Å². The van der Waals surface area contributed by atoms with E-state index in [4.69, 9.17) is 5.73 Å². The van der Waals surface area contributed by atoms with Crippen LogP contribution in [0.2, 0.25) is 0 Å². The largest absolute Gasteiger partial charge is 0.397 e. The van der Waals surface area contributed by atoms with Gasteiger partial charge in [-0.1, -0.05) is 18.2 Å². The number of hydrogen-bond donors (Lipinski definition) is 2. The number of aromatic nitrogens is 3. The number of aromatic amines is 1. The quantitative estimate of drug-likeness (QED) is 0.656. The molecule has 1 aromatic carbocycles.